The van der Waals surface area contributed by atoms with Gasteiger partial charge >= 0.3 is 0 Å². The maximum atomic E-state index is 12.9. The van der Waals surface area contributed by atoms with Crippen LogP contribution in [0.3, 0.4) is 0 Å². The average molecular weight is 318 g/mol. The summed E-state index contributed by atoms with van der Waals surface area (Å²) in [5.41, 5.74) is 0.541. The Morgan fingerprint density at radius 2 is 2.18 bits per heavy atom. The lowest BCUT2D eigenvalue weighted by molar-refractivity contribution is 0.624. The highest BCUT2D eigenvalue weighted by molar-refractivity contribution is 9.10. The lowest BCUT2D eigenvalue weighted by atomic mass is 10.2. The lowest BCUT2D eigenvalue weighted by Crippen LogP contribution is -2.20. The topological polar surface area (TPSA) is 34.9 Å². The fraction of sp³-hybridized carbons (Fsp3) is 0.0909. The molecule has 0 N–H and O–H groups in total. The second kappa shape index (κ2) is 4.98. The lowest BCUT2D eigenvalue weighted by Gasteiger charge is -2.07. The fourth-order valence-electron chi connectivity index (χ4n) is 1.36. The molecule has 88 valence electrons. The molecule has 2 rings (SSSR count). The molecular weight excluding hydrogens is 310 g/mol. The first-order valence-electron chi connectivity index (χ1n) is 4.72. The summed E-state index contributed by atoms with van der Waals surface area (Å²) in [6, 6.07) is 5.54. The molecule has 0 fully saturated rings. The molecular formula is C11H7BrClFN2O. The number of rotatable bonds is 2. The van der Waals surface area contributed by atoms with Crippen LogP contribution in [0.1, 0.15) is 5.56 Å². The summed E-state index contributed by atoms with van der Waals surface area (Å²) in [7, 11) is 0. The molecule has 1 aromatic heterocycles. The van der Waals surface area contributed by atoms with E-state index >= 15 is 0 Å². The molecule has 1 heterocycles. The standard InChI is InChI=1S/C11H7BrClFN2O/c12-9-3-8(14)2-1-7(9)5-16-6-15-10(13)4-11(16)17/h1-4,6H,5H2. The molecule has 1 aromatic carbocycles. The zero-order valence-electron chi connectivity index (χ0n) is 8.53. The van der Waals surface area contributed by atoms with Gasteiger partial charge in [0.05, 0.1) is 12.9 Å². The van der Waals surface area contributed by atoms with Gasteiger partial charge in [-0.25, -0.2) is 9.37 Å². The second-order valence-electron chi connectivity index (χ2n) is 3.41. The van der Waals surface area contributed by atoms with Gasteiger partial charge in [-0.1, -0.05) is 33.6 Å². The predicted molar refractivity (Wildman–Crippen MR) is 66.7 cm³/mol. The monoisotopic (exact) mass is 316 g/mol. The molecule has 0 aliphatic rings. The maximum Gasteiger partial charge on any atom is 0.255 e. The summed E-state index contributed by atoms with van der Waals surface area (Å²) in [4.78, 5) is 15.4. The van der Waals surface area contributed by atoms with Gasteiger partial charge in [0.1, 0.15) is 11.0 Å². The highest BCUT2D eigenvalue weighted by atomic mass is 79.9. The zero-order chi connectivity index (χ0) is 12.4. The van der Waals surface area contributed by atoms with Crippen LogP contribution in [0.4, 0.5) is 4.39 Å². The van der Waals surface area contributed by atoms with Crippen LogP contribution in [0.25, 0.3) is 0 Å². The third kappa shape index (κ3) is 2.92. The summed E-state index contributed by atoms with van der Waals surface area (Å²) < 4.78 is 14.9. The molecule has 0 spiro atoms. The summed E-state index contributed by atoms with van der Waals surface area (Å²) in [6.45, 7) is 0.309. The quantitative estimate of drug-likeness (QED) is 0.798. The van der Waals surface area contributed by atoms with Crippen LogP contribution in [0.5, 0.6) is 0 Å². The average Bonchev–Trinajstić information content (AvgIpc) is 2.25. The molecule has 0 bridgehead atoms. The number of halogens is 3. The number of nitrogens with zero attached hydrogens (tertiary/aromatic N) is 2. The van der Waals surface area contributed by atoms with Crippen molar-refractivity contribution < 1.29 is 4.39 Å². The molecule has 0 aliphatic heterocycles. The number of hydrogen-bond acceptors (Lipinski definition) is 2. The Labute approximate surface area is 110 Å². The van der Waals surface area contributed by atoms with E-state index in [0.29, 0.717) is 11.0 Å². The first-order valence-corrected chi connectivity index (χ1v) is 5.89. The van der Waals surface area contributed by atoms with Crippen LogP contribution in [0.2, 0.25) is 5.15 Å². The van der Waals surface area contributed by atoms with Crippen molar-refractivity contribution in [3.63, 3.8) is 0 Å². The van der Waals surface area contributed by atoms with Gasteiger partial charge in [0.15, 0.2) is 0 Å². The van der Waals surface area contributed by atoms with Crippen molar-refractivity contribution in [2.75, 3.05) is 0 Å². The van der Waals surface area contributed by atoms with Crippen molar-refractivity contribution in [2.24, 2.45) is 0 Å². The van der Waals surface area contributed by atoms with Crippen LogP contribution in [-0.4, -0.2) is 9.55 Å². The summed E-state index contributed by atoms with van der Waals surface area (Å²) in [5, 5.41) is 0.157. The molecule has 0 radical (unpaired) electrons. The zero-order valence-corrected chi connectivity index (χ0v) is 10.9. The molecule has 0 unspecified atom stereocenters. The molecule has 3 nitrogen and oxygen atoms in total. The van der Waals surface area contributed by atoms with E-state index in [1.54, 1.807) is 6.07 Å². The minimum absolute atomic E-state index is 0.157. The minimum atomic E-state index is -0.331. The van der Waals surface area contributed by atoms with E-state index in [0.717, 1.165) is 5.56 Å². The van der Waals surface area contributed by atoms with E-state index in [9.17, 15) is 9.18 Å². The fourth-order valence-corrected chi connectivity index (χ4v) is 1.97. The van der Waals surface area contributed by atoms with E-state index in [4.69, 9.17) is 11.6 Å². The van der Waals surface area contributed by atoms with Crippen LogP contribution in [0.15, 0.2) is 39.9 Å². The Balaban J connectivity index is 2.35. The van der Waals surface area contributed by atoms with Gasteiger partial charge in [0.2, 0.25) is 0 Å². The normalized spacial score (nSPS) is 10.5. The summed E-state index contributed by atoms with van der Waals surface area (Å²) >= 11 is 8.83. The van der Waals surface area contributed by atoms with E-state index in [1.807, 2.05) is 0 Å². The smallest absolute Gasteiger partial charge is 0.255 e. The van der Waals surface area contributed by atoms with E-state index in [1.165, 1.54) is 29.1 Å². The van der Waals surface area contributed by atoms with Crippen molar-refractivity contribution >= 4 is 27.5 Å². The van der Waals surface area contributed by atoms with Crippen LogP contribution in [-0.2, 0) is 6.54 Å². The Bertz CT molecular complexity index is 615. The van der Waals surface area contributed by atoms with E-state index in [2.05, 4.69) is 20.9 Å². The first kappa shape index (κ1) is 12.3. The third-order valence-electron chi connectivity index (χ3n) is 2.20. The van der Waals surface area contributed by atoms with Crippen LogP contribution < -0.4 is 5.56 Å². The van der Waals surface area contributed by atoms with Gasteiger partial charge in [-0.2, -0.15) is 0 Å². The highest BCUT2D eigenvalue weighted by Gasteiger charge is 2.04. The molecule has 0 saturated heterocycles. The molecule has 0 aliphatic carbocycles. The Hall–Kier alpha value is -1.20. The predicted octanol–water partition coefficient (Wildman–Crippen LogP) is 2.85. The maximum absolute atomic E-state index is 12.9. The number of hydrogen-bond donors (Lipinski definition) is 0. The Morgan fingerprint density at radius 1 is 1.41 bits per heavy atom. The molecule has 0 saturated carbocycles. The van der Waals surface area contributed by atoms with Crippen molar-refractivity contribution in [3.8, 4) is 0 Å². The SMILES string of the molecule is O=c1cc(Cl)ncn1Cc1ccc(F)cc1Br. The first-order chi connectivity index (χ1) is 8.06. The Kier molecular flexibility index (Phi) is 3.59. The largest absolute Gasteiger partial charge is 0.295 e. The van der Waals surface area contributed by atoms with Gasteiger partial charge in [0.25, 0.3) is 5.56 Å². The summed E-state index contributed by atoms with van der Waals surface area (Å²) in [6.07, 6.45) is 1.36. The minimum Gasteiger partial charge on any atom is -0.295 e. The number of aromatic nitrogens is 2. The van der Waals surface area contributed by atoms with Gasteiger partial charge in [0, 0.05) is 10.5 Å². The third-order valence-corrected chi connectivity index (χ3v) is 3.15. The molecule has 0 atom stereocenters. The Morgan fingerprint density at radius 3 is 2.82 bits per heavy atom. The molecule has 6 heteroatoms. The second-order valence-corrected chi connectivity index (χ2v) is 4.66. The molecule has 0 amide bonds. The molecule has 2 aromatic rings. The van der Waals surface area contributed by atoms with Crippen molar-refractivity contribution in [3.05, 3.63) is 62.0 Å². The van der Waals surface area contributed by atoms with Crippen LogP contribution in [0, 0.1) is 5.82 Å². The molecule has 17 heavy (non-hydrogen) atoms. The van der Waals surface area contributed by atoms with Gasteiger partial charge in [-0.3, -0.25) is 9.36 Å². The summed E-state index contributed by atoms with van der Waals surface area (Å²) in [5.74, 6) is -0.331. The van der Waals surface area contributed by atoms with E-state index in [-0.39, 0.29) is 16.5 Å². The van der Waals surface area contributed by atoms with Crippen molar-refractivity contribution in [1.29, 1.82) is 0 Å². The van der Waals surface area contributed by atoms with E-state index < -0.39 is 0 Å². The number of benzene rings is 1. The van der Waals surface area contributed by atoms with Crippen molar-refractivity contribution in [2.45, 2.75) is 6.54 Å². The highest BCUT2D eigenvalue weighted by Crippen LogP contribution is 2.18. The van der Waals surface area contributed by atoms with Gasteiger partial charge < -0.3 is 0 Å². The van der Waals surface area contributed by atoms with Crippen molar-refractivity contribution in [1.82, 2.24) is 9.55 Å². The van der Waals surface area contributed by atoms with Gasteiger partial charge in [-0.15, -0.1) is 0 Å². The van der Waals surface area contributed by atoms with Crippen LogP contribution >= 0.6 is 27.5 Å². The van der Waals surface area contributed by atoms with Gasteiger partial charge in [-0.05, 0) is 17.7 Å².